The van der Waals surface area contributed by atoms with Crippen molar-refractivity contribution >= 4 is 23.6 Å². The van der Waals surface area contributed by atoms with Gasteiger partial charge in [0.1, 0.15) is 0 Å². The van der Waals surface area contributed by atoms with E-state index < -0.39 is 5.97 Å². The van der Waals surface area contributed by atoms with Gasteiger partial charge in [-0.2, -0.15) is 0 Å². The van der Waals surface area contributed by atoms with Gasteiger partial charge < -0.3 is 10.4 Å². The number of carbonyl (C=O) groups is 2. The van der Waals surface area contributed by atoms with E-state index >= 15 is 0 Å². The molecule has 0 saturated carbocycles. The van der Waals surface area contributed by atoms with Crippen molar-refractivity contribution in [3.8, 4) is 0 Å². The van der Waals surface area contributed by atoms with Gasteiger partial charge in [-0.25, -0.2) is 0 Å². The molecule has 0 bridgehead atoms. The molecule has 5 heteroatoms. The molecule has 0 aromatic rings. The van der Waals surface area contributed by atoms with Crippen molar-refractivity contribution in [2.24, 2.45) is 5.92 Å². The van der Waals surface area contributed by atoms with Crippen molar-refractivity contribution in [1.29, 1.82) is 0 Å². The highest BCUT2D eigenvalue weighted by Gasteiger charge is 2.13. The number of nitrogens with one attached hydrogen (secondary N) is 1. The second-order valence-electron chi connectivity index (χ2n) is 3.63. The Balaban J connectivity index is 3.69. The fourth-order valence-corrected chi connectivity index (χ4v) is 1.57. The molecule has 88 valence electrons. The van der Waals surface area contributed by atoms with E-state index in [1.54, 1.807) is 0 Å². The lowest BCUT2D eigenvalue weighted by Gasteiger charge is -2.19. The van der Waals surface area contributed by atoms with Crippen molar-refractivity contribution in [1.82, 2.24) is 5.32 Å². The molecule has 0 rings (SSSR count). The lowest BCUT2D eigenvalue weighted by molar-refractivity contribution is -0.133. The number of amides is 1. The van der Waals surface area contributed by atoms with Gasteiger partial charge in [-0.3, -0.25) is 9.59 Å². The molecule has 0 aliphatic rings. The minimum atomic E-state index is -0.886. The Morgan fingerprint density at radius 2 is 1.93 bits per heavy atom. The average Bonchev–Trinajstić information content (AvgIpc) is 2.15. The summed E-state index contributed by atoms with van der Waals surface area (Å²) >= 11 is 1.12. The van der Waals surface area contributed by atoms with Gasteiger partial charge in [0, 0.05) is 6.04 Å². The normalized spacial score (nSPS) is 14.3. The standard InChI is InChI=1S/C10H19NO3S/c1-4-7(2)8(3)11-9(12)5-15-6-10(13)14/h7-8H,4-6H2,1-3H3,(H,11,12)(H,13,14). The van der Waals surface area contributed by atoms with E-state index in [2.05, 4.69) is 19.2 Å². The molecule has 0 heterocycles. The number of carboxylic acid groups (broad SMARTS) is 1. The van der Waals surface area contributed by atoms with Crippen LogP contribution in [0.1, 0.15) is 27.2 Å². The summed E-state index contributed by atoms with van der Waals surface area (Å²) in [6.07, 6.45) is 1.02. The number of aliphatic carboxylic acids is 1. The zero-order valence-corrected chi connectivity index (χ0v) is 10.3. The lowest BCUT2D eigenvalue weighted by atomic mass is 10.0. The van der Waals surface area contributed by atoms with Crippen LogP contribution in [-0.4, -0.2) is 34.5 Å². The van der Waals surface area contributed by atoms with Crippen LogP contribution in [-0.2, 0) is 9.59 Å². The van der Waals surface area contributed by atoms with E-state index in [1.165, 1.54) is 0 Å². The van der Waals surface area contributed by atoms with Gasteiger partial charge in [0.25, 0.3) is 0 Å². The molecule has 0 spiro atoms. The molecule has 2 atom stereocenters. The predicted octanol–water partition coefficient (Wildman–Crippen LogP) is 1.35. The molecule has 4 nitrogen and oxygen atoms in total. The summed E-state index contributed by atoms with van der Waals surface area (Å²) < 4.78 is 0. The molecule has 1 amide bonds. The monoisotopic (exact) mass is 233 g/mol. The third-order valence-electron chi connectivity index (χ3n) is 2.34. The van der Waals surface area contributed by atoms with Gasteiger partial charge in [0.15, 0.2) is 0 Å². The van der Waals surface area contributed by atoms with Gasteiger partial charge in [-0.1, -0.05) is 20.3 Å². The largest absolute Gasteiger partial charge is 0.481 e. The first kappa shape index (κ1) is 14.3. The molecule has 0 radical (unpaired) electrons. The van der Waals surface area contributed by atoms with Crippen molar-refractivity contribution in [3.05, 3.63) is 0 Å². The Kier molecular flexibility index (Phi) is 7.21. The Morgan fingerprint density at radius 1 is 1.33 bits per heavy atom. The van der Waals surface area contributed by atoms with Gasteiger partial charge in [0.05, 0.1) is 11.5 Å². The summed E-state index contributed by atoms with van der Waals surface area (Å²) in [5.74, 6) is -0.340. The number of rotatable bonds is 7. The summed E-state index contributed by atoms with van der Waals surface area (Å²) in [6, 6.07) is 0.146. The first-order chi connectivity index (χ1) is 6.97. The molecular weight excluding hydrogens is 214 g/mol. The molecule has 2 N–H and O–H groups in total. The summed E-state index contributed by atoms with van der Waals surface area (Å²) in [7, 11) is 0. The maximum Gasteiger partial charge on any atom is 0.313 e. The Hall–Kier alpha value is -0.710. The minimum Gasteiger partial charge on any atom is -0.481 e. The number of carboxylic acids is 1. The van der Waals surface area contributed by atoms with Crippen LogP contribution in [0.25, 0.3) is 0 Å². The predicted molar refractivity (Wildman–Crippen MR) is 62.0 cm³/mol. The average molecular weight is 233 g/mol. The van der Waals surface area contributed by atoms with E-state index in [4.69, 9.17) is 5.11 Å². The van der Waals surface area contributed by atoms with Crippen LogP contribution in [0.15, 0.2) is 0 Å². The molecule has 0 aromatic carbocycles. The number of thioether (sulfide) groups is 1. The topological polar surface area (TPSA) is 66.4 Å². The number of hydrogen-bond donors (Lipinski definition) is 2. The molecule has 0 fully saturated rings. The van der Waals surface area contributed by atoms with E-state index in [0.29, 0.717) is 5.92 Å². The fourth-order valence-electron chi connectivity index (χ4n) is 1.02. The lowest BCUT2D eigenvalue weighted by Crippen LogP contribution is -2.38. The van der Waals surface area contributed by atoms with Crippen LogP contribution < -0.4 is 5.32 Å². The highest BCUT2D eigenvalue weighted by molar-refractivity contribution is 8.00. The zero-order chi connectivity index (χ0) is 11.8. The molecule has 2 unspecified atom stereocenters. The van der Waals surface area contributed by atoms with Crippen molar-refractivity contribution in [3.63, 3.8) is 0 Å². The van der Waals surface area contributed by atoms with Crippen LogP contribution in [0.3, 0.4) is 0 Å². The van der Waals surface area contributed by atoms with E-state index in [9.17, 15) is 9.59 Å². The summed E-state index contributed by atoms with van der Waals surface area (Å²) in [5.41, 5.74) is 0. The highest BCUT2D eigenvalue weighted by Crippen LogP contribution is 2.07. The Labute approximate surface area is 94.8 Å². The number of carbonyl (C=O) groups excluding carboxylic acids is 1. The Morgan fingerprint density at radius 3 is 2.40 bits per heavy atom. The van der Waals surface area contributed by atoms with E-state index in [-0.39, 0.29) is 23.5 Å². The number of hydrogen-bond acceptors (Lipinski definition) is 3. The minimum absolute atomic E-state index is 0.0227. The van der Waals surface area contributed by atoms with Gasteiger partial charge in [0.2, 0.25) is 5.91 Å². The maximum absolute atomic E-state index is 11.3. The third kappa shape index (κ3) is 7.25. The van der Waals surface area contributed by atoms with Crippen LogP contribution in [0.5, 0.6) is 0 Å². The first-order valence-corrected chi connectivity index (χ1v) is 6.21. The smallest absolute Gasteiger partial charge is 0.313 e. The van der Waals surface area contributed by atoms with E-state index in [0.717, 1.165) is 18.2 Å². The SMILES string of the molecule is CCC(C)C(C)NC(=O)CSCC(=O)O. The van der Waals surface area contributed by atoms with Crippen molar-refractivity contribution in [2.75, 3.05) is 11.5 Å². The Bertz CT molecular complexity index is 221. The molecule has 15 heavy (non-hydrogen) atoms. The van der Waals surface area contributed by atoms with Crippen LogP contribution >= 0.6 is 11.8 Å². The summed E-state index contributed by atoms with van der Waals surface area (Å²) in [4.78, 5) is 21.5. The fraction of sp³-hybridized carbons (Fsp3) is 0.800. The van der Waals surface area contributed by atoms with Crippen LogP contribution in [0, 0.1) is 5.92 Å². The second-order valence-corrected chi connectivity index (χ2v) is 4.61. The molecular formula is C10H19NO3S. The third-order valence-corrected chi connectivity index (χ3v) is 3.26. The quantitative estimate of drug-likeness (QED) is 0.696. The molecule has 0 aromatic heterocycles. The summed E-state index contributed by atoms with van der Waals surface area (Å²) in [5, 5.41) is 11.2. The first-order valence-electron chi connectivity index (χ1n) is 5.06. The van der Waals surface area contributed by atoms with Crippen molar-refractivity contribution < 1.29 is 14.7 Å². The summed E-state index contributed by atoms with van der Waals surface area (Å²) in [6.45, 7) is 6.12. The van der Waals surface area contributed by atoms with Crippen LogP contribution in [0.4, 0.5) is 0 Å². The molecule has 0 aliphatic heterocycles. The molecule has 0 saturated heterocycles. The van der Waals surface area contributed by atoms with Gasteiger partial charge >= 0.3 is 5.97 Å². The maximum atomic E-state index is 11.3. The van der Waals surface area contributed by atoms with Crippen LogP contribution in [0.2, 0.25) is 0 Å². The zero-order valence-electron chi connectivity index (χ0n) is 9.45. The van der Waals surface area contributed by atoms with E-state index in [1.807, 2.05) is 6.92 Å². The van der Waals surface area contributed by atoms with Gasteiger partial charge in [-0.15, -0.1) is 11.8 Å². The highest BCUT2D eigenvalue weighted by atomic mass is 32.2. The van der Waals surface area contributed by atoms with Gasteiger partial charge in [-0.05, 0) is 12.8 Å². The van der Waals surface area contributed by atoms with Crippen molar-refractivity contribution in [2.45, 2.75) is 33.2 Å². The second kappa shape index (κ2) is 7.56. The molecule has 0 aliphatic carbocycles.